The summed E-state index contributed by atoms with van der Waals surface area (Å²) in [6, 6.07) is 7.02. The van der Waals surface area contributed by atoms with Gasteiger partial charge in [-0.3, -0.25) is 4.79 Å². The van der Waals surface area contributed by atoms with Crippen LogP contribution in [0.3, 0.4) is 0 Å². The molecule has 5 heteroatoms. The zero-order valence-electron chi connectivity index (χ0n) is 11.5. The number of aliphatic hydroxyl groups is 1. The van der Waals surface area contributed by atoms with Crippen LogP contribution in [0, 0.1) is 5.92 Å². The molecule has 0 heterocycles. The highest BCUT2D eigenvalue weighted by molar-refractivity contribution is 5.77. The van der Waals surface area contributed by atoms with Crippen molar-refractivity contribution in [1.29, 1.82) is 0 Å². The van der Waals surface area contributed by atoms with Crippen molar-refractivity contribution < 1.29 is 14.6 Å². The summed E-state index contributed by atoms with van der Waals surface area (Å²) in [7, 11) is 0. The second kappa shape index (κ2) is 7.14. The first-order chi connectivity index (χ1) is 9.63. The third-order valence-electron chi connectivity index (χ3n) is 3.63. The molecule has 0 aliphatic heterocycles. The molecule has 1 aromatic rings. The summed E-state index contributed by atoms with van der Waals surface area (Å²) in [4.78, 5) is 11.7. The van der Waals surface area contributed by atoms with Gasteiger partial charge in [-0.2, -0.15) is 0 Å². The maximum absolute atomic E-state index is 11.7. The summed E-state index contributed by atoms with van der Waals surface area (Å²) in [6.07, 6.45) is 3.45. The van der Waals surface area contributed by atoms with Crippen LogP contribution in [-0.2, 0) is 4.79 Å². The molecule has 1 aliphatic rings. The standard InChI is InChI=1S/C15H22N2O3/c16-12-2-1-3-14(8-12)20-10-15(19)17-9-11-4-6-13(18)7-5-11/h1-3,8,11,13,18H,4-7,9-10,16H2,(H,17,19). The number of carbonyl (C=O) groups is 1. The Balaban J connectivity index is 1.65. The van der Waals surface area contributed by atoms with Gasteiger partial charge >= 0.3 is 0 Å². The number of carbonyl (C=O) groups excluding carboxylic acids is 1. The van der Waals surface area contributed by atoms with Crippen molar-refractivity contribution in [2.24, 2.45) is 5.92 Å². The van der Waals surface area contributed by atoms with Crippen LogP contribution in [0.5, 0.6) is 5.75 Å². The van der Waals surface area contributed by atoms with Gasteiger partial charge in [0.2, 0.25) is 0 Å². The Bertz CT molecular complexity index is 442. The molecule has 5 nitrogen and oxygen atoms in total. The zero-order valence-corrected chi connectivity index (χ0v) is 11.5. The van der Waals surface area contributed by atoms with Crippen molar-refractivity contribution in [1.82, 2.24) is 5.32 Å². The molecule has 0 aromatic heterocycles. The summed E-state index contributed by atoms with van der Waals surface area (Å²) in [5, 5.41) is 12.3. The molecule has 0 unspecified atom stereocenters. The lowest BCUT2D eigenvalue weighted by atomic mass is 9.87. The number of nitrogens with one attached hydrogen (secondary N) is 1. The second-order valence-corrected chi connectivity index (χ2v) is 5.34. The van der Waals surface area contributed by atoms with Crippen LogP contribution in [0.2, 0.25) is 0 Å². The Hall–Kier alpha value is -1.75. The molecule has 0 radical (unpaired) electrons. The number of hydrogen-bond acceptors (Lipinski definition) is 4. The Morgan fingerprint density at radius 1 is 1.35 bits per heavy atom. The van der Waals surface area contributed by atoms with E-state index in [0.29, 0.717) is 23.9 Å². The Labute approximate surface area is 119 Å². The van der Waals surface area contributed by atoms with E-state index in [0.717, 1.165) is 25.7 Å². The number of aliphatic hydroxyl groups excluding tert-OH is 1. The third-order valence-corrected chi connectivity index (χ3v) is 3.63. The number of hydrogen-bond donors (Lipinski definition) is 3. The van der Waals surface area contributed by atoms with Crippen molar-refractivity contribution in [2.45, 2.75) is 31.8 Å². The van der Waals surface area contributed by atoms with Crippen LogP contribution in [0.4, 0.5) is 5.69 Å². The molecule has 4 N–H and O–H groups in total. The molecule has 1 saturated carbocycles. The van der Waals surface area contributed by atoms with E-state index in [1.54, 1.807) is 24.3 Å². The molecule has 0 spiro atoms. The minimum atomic E-state index is -0.158. The normalized spacial score (nSPS) is 22.2. The van der Waals surface area contributed by atoms with Crippen LogP contribution in [-0.4, -0.2) is 30.3 Å². The largest absolute Gasteiger partial charge is 0.484 e. The number of benzene rings is 1. The quantitative estimate of drug-likeness (QED) is 0.709. The lowest BCUT2D eigenvalue weighted by molar-refractivity contribution is -0.123. The summed E-state index contributed by atoms with van der Waals surface area (Å²) < 4.78 is 5.37. The first-order valence-electron chi connectivity index (χ1n) is 7.06. The molecule has 1 aromatic carbocycles. The Morgan fingerprint density at radius 2 is 2.10 bits per heavy atom. The molecule has 2 rings (SSSR count). The Kier molecular flexibility index (Phi) is 5.24. The molecule has 20 heavy (non-hydrogen) atoms. The van der Waals surface area contributed by atoms with E-state index in [1.165, 1.54) is 0 Å². The van der Waals surface area contributed by atoms with Crippen molar-refractivity contribution in [3.63, 3.8) is 0 Å². The predicted molar refractivity (Wildman–Crippen MR) is 77.3 cm³/mol. The van der Waals surface area contributed by atoms with Crippen LogP contribution in [0.25, 0.3) is 0 Å². The van der Waals surface area contributed by atoms with E-state index < -0.39 is 0 Å². The van der Waals surface area contributed by atoms with E-state index >= 15 is 0 Å². The van der Waals surface area contributed by atoms with Gasteiger partial charge in [-0.1, -0.05) is 6.07 Å². The van der Waals surface area contributed by atoms with Gasteiger partial charge < -0.3 is 20.9 Å². The predicted octanol–water partition coefficient (Wildman–Crippen LogP) is 1.31. The number of nitrogens with two attached hydrogens (primary N) is 1. The van der Waals surface area contributed by atoms with Crippen LogP contribution >= 0.6 is 0 Å². The first-order valence-corrected chi connectivity index (χ1v) is 7.06. The molecule has 0 bridgehead atoms. The van der Waals surface area contributed by atoms with Crippen molar-refractivity contribution in [2.75, 3.05) is 18.9 Å². The van der Waals surface area contributed by atoms with Crippen molar-refractivity contribution in [3.05, 3.63) is 24.3 Å². The fourth-order valence-corrected chi connectivity index (χ4v) is 2.41. The number of ether oxygens (including phenoxy) is 1. The van der Waals surface area contributed by atoms with Gasteiger partial charge in [0, 0.05) is 18.3 Å². The third kappa shape index (κ3) is 4.74. The summed E-state index contributed by atoms with van der Waals surface area (Å²) in [6.45, 7) is 0.657. The minimum absolute atomic E-state index is 0.00119. The Morgan fingerprint density at radius 3 is 2.80 bits per heavy atom. The van der Waals surface area contributed by atoms with Crippen molar-refractivity contribution >= 4 is 11.6 Å². The number of rotatable bonds is 5. The minimum Gasteiger partial charge on any atom is -0.484 e. The topological polar surface area (TPSA) is 84.6 Å². The van der Waals surface area contributed by atoms with E-state index in [9.17, 15) is 9.90 Å². The summed E-state index contributed by atoms with van der Waals surface area (Å²) >= 11 is 0. The lowest BCUT2D eigenvalue weighted by Crippen LogP contribution is -2.34. The fraction of sp³-hybridized carbons (Fsp3) is 0.533. The molecule has 0 atom stereocenters. The van der Waals surface area contributed by atoms with Gasteiger partial charge in [-0.05, 0) is 43.7 Å². The van der Waals surface area contributed by atoms with Gasteiger partial charge in [0.15, 0.2) is 6.61 Å². The SMILES string of the molecule is Nc1cccc(OCC(=O)NCC2CCC(O)CC2)c1. The summed E-state index contributed by atoms with van der Waals surface area (Å²) in [5.41, 5.74) is 6.25. The van der Waals surface area contributed by atoms with E-state index in [4.69, 9.17) is 10.5 Å². The maximum Gasteiger partial charge on any atom is 0.257 e. The molecular formula is C15H22N2O3. The molecule has 1 fully saturated rings. The second-order valence-electron chi connectivity index (χ2n) is 5.34. The molecular weight excluding hydrogens is 256 g/mol. The number of amides is 1. The molecule has 1 aliphatic carbocycles. The van der Waals surface area contributed by atoms with E-state index in [1.807, 2.05) is 0 Å². The zero-order chi connectivity index (χ0) is 14.4. The van der Waals surface area contributed by atoms with E-state index in [-0.39, 0.29) is 18.6 Å². The molecule has 1 amide bonds. The van der Waals surface area contributed by atoms with Gasteiger partial charge in [-0.15, -0.1) is 0 Å². The van der Waals surface area contributed by atoms with Gasteiger partial charge in [0.25, 0.3) is 5.91 Å². The number of nitrogen functional groups attached to an aromatic ring is 1. The molecule has 0 saturated heterocycles. The fourth-order valence-electron chi connectivity index (χ4n) is 2.41. The van der Waals surface area contributed by atoms with Crippen LogP contribution < -0.4 is 15.8 Å². The highest BCUT2D eigenvalue weighted by Crippen LogP contribution is 2.23. The lowest BCUT2D eigenvalue weighted by Gasteiger charge is -2.25. The average molecular weight is 278 g/mol. The van der Waals surface area contributed by atoms with Crippen LogP contribution in [0.1, 0.15) is 25.7 Å². The average Bonchev–Trinajstić information content (AvgIpc) is 2.45. The van der Waals surface area contributed by atoms with Crippen LogP contribution in [0.15, 0.2) is 24.3 Å². The van der Waals surface area contributed by atoms with Gasteiger partial charge in [0.1, 0.15) is 5.75 Å². The highest BCUT2D eigenvalue weighted by Gasteiger charge is 2.19. The molecule has 110 valence electrons. The van der Waals surface area contributed by atoms with E-state index in [2.05, 4.69) is 5.32 Å². The monoisotopic (exact) mass is 278 g/mol. The number of anilines is 1. The maximum atomic E-state index is 11.7. The smallest absolute Gasteiger partial charge is 0.257 e. The highest BCUT2D eigenvalue weighted by atomic mass is 16.5. The van der Waals surface area contributed by atoms with Crippen molar-refractivity contribution in [3.8, 4) is 5.75 Å². The summed E-state index contributed by atoms with van der Waals surface area (Å²) in [5.74, 6) is 0.939. The first kappa shape index (κ1) is 14.7. The van der Waals surface area contributed by atoms with Gasteiger partial charge in [-0.25, -0.2) is 0 Å². The van der Waals surface area contributed by atoms with Gasteiger partial charge in [0.05, 0.1) is 6.10 Å².